The van der Waals surface area contributed by atoms with Crippen molar-refractivity contribution in [2.24, 2.45) is 17.3 Å². The molecule has 1 aliphatic heterocycles. The monoisotopic (exact) mass is 317 g/mol. The summed E-state index contributed by atoms with van der Waals surface area (Å²) in [6.07, 6.45) is 4.85. The number of carbonyl (C=O) groups is 1. The van der Waals surface area contributed by atoms with Crippen molar-refractivity contribution in [2.75, 3.05) is 6.61 Å². The van der Waals surface area contributed by atoms with Gasteiger partial charge >= 0.3 is 6.03 Å². The SMILES string of the molecule is CC(C)[C@H](NC(=O)N[C@@H]1[C@H]2CCO[C@@H]2C1(C)C)c1ccncc1. The zero-order valence-electron chi connectivity index (χ0n) is 14.4. The molecule has 126 valence electrons. The number of carbonyl (C=O) groups excluding carboxylic acids is 1. The minimum absolute atomic E-state index is 0.00248. The Labute approximate surface area is 138 Å². The highest BCUT2D eigenvalue weighted by Gasteiger charge is 2.59. The zero-order valence-corrected chi connectivity index (χ0v) is 14.4. The van der Waals surface area contributed by atoms with Gasteiger partial charge in [0.15, 0.2) is 0 Å². The van der Waals surface area contributed by atoms with E-state index in [1.165, 1.54) is 0 Å². The van der Waals surface area contributed by atoms with Crippen LogP contribution in [0.3, 0.4) is 0 Å². The number of hydrogen-bond donors (Lipinski definition) is 2. The maximum absolute atomic E-state index is 12.5. The van der Waals surface area contributed by atoms with Crippen molar-refractivity contribution in [3.63, 3.8) is 0 Å². The standard InChI is InChI=1S/C18H27N3O2/c1-11(2)14(12-5-8-19-9-6-12)20-17(22)21-15-13-7-10-23-16(13)18(15,3)4/h5-6,8-9,11,13-16H,7,10H2,1-4H3,(H2,20,21,22)/t13-,14+,15-,16+/m1/s1. The average molecular weight is 317 g/mol. The molecule has 1 aromatic rings. The Kier molecular flexibility index (Phi) is 4.32. The van der Waals surface area contributed by atoms with Crippen molar-refractivity contribution in [2.45, 2.75) is 52.3 Å². The Morgan fingerprint density at radius 2 is 2.04 bits per heavy atom. The third kappa shape index (κ3) is 2.94. The molecule has 0 aromatic carbocycles. The van der Waals surface area contributed by atoms with Crippen LogP contribution in [0.4, 0.5) is 4.79 Å². The second-order valence-corrected chi connectivity index (χ2v) is 7.66. The Morgan fingerprint density at radius 3 is 2.70 bits per heavy atom. The van der Waals surface area contributed by atoms with Gasteiger partial charge in [0.05, 0.1) is 12.1 Å². The number of urea groups is 1. The van der Waals surface area contributed by atoms with E-state index in [9.17, 15) is 4.79 Å². The molecule has 2 aliphatic rings. The van der Waals surface area contributed by atoms with Crippen LogP contribution >= 0.6 is 0 Å². The van der Waals surface area contributed by atoms with E-state index in [1.807, 2.05) is 12.1 Å². The molecule has 2 heterocycles. The second kappa shape index (κ2) is 6.11. The number of nitrogens with zero attached hydrogens (tertiary/aromatic N) is 1. The first kappa shape index (κ1) is 16.2. The lowest BCUT2D eigenvalue weighted by Gasteiger charge is -2.54. The third-order valence-corrected chi connectivity index (χ3v) is 5.41. The van der Waals surface area contributed by atoms with E-state index < -0.39 is 0 Å². The van der Waals surface area contributed by atoms with E-state index in [-0.39, 0.29) is 29.6 Å². The number of aromatic nitrogens is 1. The van der Waals surface area contributed by atoms with Crippen LogP contribution in [0.15, 0.2) is 24.5 Å². The van der Waals surface area contributed by atoms with Crippen molar-refractivity contribution >= 4 is 6.03 Å². The summed E-state index contributed by atoms with van der Waals surface area (Å²) in [5.41, 5.74) is 1.09. The first-order chi connectivity index (χ1) is 10.9. The molecule has 23 heavy (non-hydrogen) atoms. The van der Waals surface area contributed by atoms with Crippen LogP contribution in [-0.2, 0) is 4.74 Å². The number of nitrogens with one attached hydrogen (secondary N) is 2. The summed E-state index contributed by atoms with van der Waals surface area (Å²) in [6.45, 7) is 9.38. The van der Waals surface area contributed by atoms with Crippen molar-refractivity contribution in [3.8, 4) is 0 Å². The van der Waals surface area contributed by atoms with Crippen molar-refractivity contribution in [3.05, 3.63) is 30.1 Å². The second-order valence-electron chi connectivity index (χ2n) is 7.66. The molecule has 0 radical (unpaired) electrons. The van der Waals surface area contributed by atoms with Gasteiger partial charge in [-0.3, -0.25) is 4.98 Å². The molecule has 4 atom stereocenters. The molecule has 0 unspecified atom stereocenters. The number of fused-ring (bicyclic) bond motifs is 1. The molecular formula is C18H27N3O2. The van der Waals surface area contributed by atoms with Crippen LogP contribution in [0.25, 0.3) is 0 Å². The topological polar surface area (TPSA) is 63.2 Å². The number of rotatable bonds is 4. The van der Waals surface area contributed by atoms with Crippen LogP contribution in [0, 0.1) is 17.3 Å². The van der Waals surface area contributed by atoms with Gasteiger partial charge in [0.2, 0.25) is 0 Å². The van der Waals surface area contributed by atoms with Crippen molar-refractivity contribution in [1.29, 1.82) is 0 Å². The van der Waals surface area contributed by atoms with Crippen LogP contribution in [0.5, 0.6) is 0 Å². The first-order valence-electron chi connectivity index (χ1n) is 8.50. The molecule has 1 saturated carbocycles. The molecular weight excluding hydrogens is 290 g/mol. The predicted molar refractivity (Wildman–Crippen MR) is 88.9 cm³/mol. The minimum Gasteiger partial charge on any atom is -0.377 e. The van der Waals surface area contributed by atoms with Crippen molar-refractivity contribution in [1.82, 2.24) is 15.6 Å². The van der Waals surface area contributed by atoms with Gasteiger partial charge in [0.1, 0.15) is 0 Å². The lowest BCUT2D eigenvalue weighted by Crippen LogP contribution is -2.67. The quantitative estimate of drug-likeness (QED) is 0.897. The number of ether oxygens (including phenoxy) is 1. The molecule has 1 saturated heterocycles. The fourth-order valence-electron chi connectivity index (χ4n) is 4.15. The predicted octanol–water partition coefficient (Wildman–Crippen LogP) is 2.89. The normalized spacial score (nSPS) is 29.5. The van der Waals surface area contributed by atoms with Gasteiger partial charge in [-0.1, -0.05) is 27.7 Å². The number of pyridine rings is 1. The maximum atomic E-state index is 12.5. The maximum Gasteiger partial charge on any atom is 0.315 e. The summed E-state index contributed by atoms with van der Waals surface area (Å²) in [5, 5.41) is 6.32. The molecule has 2 N–H and O–H groups in total. The van der Waals surface area contributed by atoms with Gasteiger partial charge in [-0.25, -0.2) is 4.79 Å². The van der Waals surface area contributed by atoms with E-state index >= 15 is 0 Å². The minimum atomic E-state index is -0.0936. The Bertz CT molecular complexity index is 559. The van der Waals surface area contributed by atoms with Crippen LogP contribution in [-0.4, -0.2) is 29.8 Å². The van der Waals surface area contributed by atoms with Gasteiger partial charge in [-0.05, 0) is 30.0 Å². The summed E-state index contributed by atoms with van der Waals surface area (Å²) in [5.74, 6) is 0.759. The van der Waals surface area contributed by atoms with Crippen LogP contribution in [0.1, 0.15) is 45.7 Å². The lowest BCUT2D eigenvalue weighted by molar-refractivity contribution is -0.108. The first-order valence-corrected chi connectivity index (χ1v) is 8.50. The fraction of sp³-hybridized carbons (Fsp3) is 0.667. The molecule has 2 fully saturated rings. The molecule has 5 heteroatoms. The van der Waals surface area contributed by atoms with Crippen LogP contribution in [0.2, 0.25) is 0 Å². The van der Waals surface area contributed by atoms with Crippen molar-refractivity contribution < 1.29 is 9.53 Å². The molecule has 2 amide bonds. The zero-order chi connectivity index (χ0) is 16.6. The summed E-state index contributed by atoms with van der Waals surface area (Å²) in [7, 11) is 0. The molecule has 3 rings (SSSR count). The molecule has 5 nitrogen and oxygen atoms in total. The van der Waals surface area contributed by atoms with E-state index in [4.69, 9.17) is 4.74 Å². The summed E-state index contributed by atoms with van der Waals surface area (Å²) in [6, 6.07) is 3.99. The summed E-state index contributed by atoms with van der Waals surface area (Å²) >= 11 is 0. The Morgan fingerprint density at radius 1 is 1.35 bits per heavy atom. The van der Waals surface area contributed by atoms with Gasteiger partial charge in [0.25, 0.3) is 0 Å². The molecule has 1 aliphatic carbocycles. The Balaban J connectivity index is 1.64. The smallest absolute Gasteiger partial charge is 0.315 e. The number of amides is 2. The highest BCUT2D eigenvalue weighted by atomic mass is 16.5. The van der Waals surface area contributed by atoms with Gasteiger partial charge in [-0.15, -0.1) is 0 Å². The average Bonchev–Trinajstić information content (AvgIpc) is 2.98. The Hall–Kier alpha value is -1.62. The van der Waals surface area contributed by atoms with E-state index in [1.54, 1.807) is 12.4 Å². The van der Waals surface area contributed by atoms with E-state index in [0.29, 0.717) is 11.8 Å². The van der Waals surface area contributed by atoms with Gasteiger partial charge in [0, 0.05) is 36.4 Å². The van der Waals surface area contributed by atoms with E-state index in [0.717, 1.165) is 18.6 Å². The summed E-state index contributed by atoms with van der Waals surface area (Å²) < 4.78 is 5.79. The van der Waals surface area contributed by atoms with Gasteiger partial charge in [-0.2, -0.15) is 0 Å². The molecule has 1 aromatic heterocycles. The fourth-order valence-corrected chi connectivity index (χ4v) is 4.15. The lowest BCUT2D eigenvalue weighted by atomic mass is 9.57. The molecule has 0 bridgehead atoms. The molecule has 0 spiro atoms. The summed E-state index contributed by atoms with van der Waals surface area (Å²) in [4.78, 5) is 16.6. The largest absolute Gasteiger partial charge is 0.377 e. The highest BCUT2D eigenvalue weighted by Crippen LogP contribution is 2.52. The number of hydrogen-bond acceptors (Lipinski definition) is 3. The highest BCUT2D eigenvalue weighted by molar-refractivity contribution is 5.75. The van der Waals surface area contributed by atoms with Gasteiger partial charge < -0.3 is 15.4 Å². The van der Waals surface area contributed by atoms with E-state index in [2.05, 4.69) is 43.3 Å². The van der Waals surface area contributed by atoms with Crippen LogP contribution < -0.4 is 10.6 Å². The third-order valence-electron chi connectivity index (χ3n) is 5.41.